The fraction of sp³-hybridized carbons (Fsp3) is 0.364. The molecule has 0 aliphatic heterocycles. The average Bonchev–Trinajstić information content (AvgIpc) is 2.19. The number of rotatable bonds is 4. The zero-order valence-corrected chi connectivity index (χ0v) is 8.66. The zero-order chi connectivity index (χ0) is 10.4. The van der Waals surface area contributed by atoms with Crippen LogP contribution < -0.4 is 5.43 Å². The Balaban J connectivity index is 2.51. The Bertz CT molecular complexity index is 285. The van der Waals surface area contributed by atoms with E-state index in [0.29, 0.717) is 5.56 Å². The van der Waals surface area contributed by atoms with Gasteiger partial charge in [-0.25, -0.2) is 5.01 Å². The van der Waals surface area contributed by atoms with Crippen LogP contribution in [0, 0.1) is 0 Å². The molecule has 14 heavy (non-hydrogen) atoms. The molecule has 0 aromatic heterocycles. The number of nitrogens with one attached hydrogen (secondary N) is 1. The second kappa shape index (κ2) is 5.40. The molecule has 1 aromatic rings. The van der Waals surface area contributed by atoms with Crippen molar-refractivity contribution in [3.8, 4) is 0 Å². The van der Waals surface area contributed by atoms with Gasteiger partial charge in [0.1, 0.15) is 0 Å². The topological polar surface area (TPSA) is 32.3 Å². The largest absolute Gasteiger partial charge is 0.285 e. The molecule has 0 bridgehead atoms. The highest BCUT2D eigenvalue weighted by Crippen LogP contribution is 1.98. The summed E-state index contributed by atoms with van der Waals surface area (Å²) >= 11 is 0. The van der Waals surface area contributed by atoms with E-state index >= 15 is 0 Å². The molecule has 0 aliphatic carbocycles. The zero-order valence-electron chi connectivity index (χ0n) is 8.66. The van der Waals surface area contributed by atoms with E-state index in [1.807, 2.05) is 25.2 Å². The number of hydrazine groups is 1. The fourth-order valence-corrected chi connectivity index (χ4v) is 1.22. The standard InChI is InChI=1S/C11H16N2O/c1-3-9-13(2)12-11(14)10-7-5-4-6-8-10/h4-8H,3,9H2,1-2H3,(H,12,14). The first kappa shape index (κ1) is 10.7. The Labute approximate surface area is 84.7 Å². The molecule has 1 amide bonds. The summed E-state index contributed by atoms with van der Waals surface area (Å²) in [5.41, 5.74) is 3.48. The highest BCUT2D eigenvalue weighted by molar-refractivity contribution is 5.93. The molecule has 1 aromatic carbocycles. The van der Waals surface area contributed by atoms with E-state index in [4.69, 9.17) is 0 Å². The first-order valence-corrected chi connectivity index (χ1v) is 4.81. The van der Waals surface area contributed by atoms with Crippen molar-refractivity contribution in [3.63, 3.8) is 0 Å². The van der Waals surface area contributed by atoms with Gasteiger partial charge >= 0.3 is 0 Å². The molecule has 76 valence electrons. The molecule has 0 radical (unpaired) electrons. The maximum atomic E-state index is 11.6. The SMILES string of the molecule is CCCN(C)NC(=O)c1ccccc1. The van der Waals surface area contributed by atoms with Gasteiger partial charge in [-0.2, -0.15) is 0 Å². The highest BCUT2D eigenvalue weighted by atomic mass is 16.2. The summed E-state index contributed by atoms with van der Waals surface area (Å²) < 4.78 is 0. The smallest absolute Gasteiger partial charge is 0.265 e. The summed E-state index contributed by atoms with van der Waals surface area (Å²) in [6, 6.07) is 9.21. The molecule has 0 heterocycles. The van der Waals surface area contributed by atoms with E-state index in [-0.39, 0.29) is 5.91 Å². The molecule has 1 rings (SSSR count). The summed E-state index contributed by atoms with van der Waals surface area (Å²) in [4.78, 5) is 11.6. The molecular weight excluding hydrogens is 176 g/mol. The number of benzene rings is 1. The molecule has 0 aliphatic rings. The molecule has 0 fully saturated rings. The molecule has 1 N–H and O–H groups in total. The third-order valence-corrected chi connectivity index (χ3v) is 1.89. The second-order valence-corrected chi connectivity index (χ2v) is 3.23. The lowest BCUT2D eigenvalue weighted by Crippen LogP contribution is -2.39. The minimum atomic E-state index is -0.0541. The molecule has 0 atom stereocenters. The number of carbonyl (C=O) groups excluding carboxylic acids is 1. The number of nitrogens with zero attached hydrogens (tertiary/aromatic N) is 1. The van der Waals surface area contributed by atoms with Gasteiger partial charge < -0.3 is 0 Å². The predicted octanol–water partition coefficient (Wildman–Crippen LogP) is 1.67. The van der Waals surface area contributed by atoms with Crippen molar-refractivity contribution in [2.45, 2.75) is 13.3 Å². The van der Waals surface area contributed by atoms with Gasteiger partial charge in [-0.05, 0) is 18.6 Å². The van der Waals surface area contributed by atoms with Crippen LogP contribution >= 0.6 is 0 Å². The monoisotopic (exact) mass is 192 g/mol. The van der Waals surface area contributed by atoms with E-state index in [9.17, 15) is 4.79 Å². The van der Waals surface area contributed by atoms with Crippen LogP contribution in [0.2, 0.25) is 0 Å². The van der Waals surface area contributed by atoms with Crippen molar-refractivity contribution in [1.29, 1.82) is 0 Å². The minimum Gasteiger partial charge on any atom is -0.285 e. The first-order valence-electron chi connectivity index (χ1n) is 4.81. The molecule has 0 saturated heterocycles. The van der Waals surface area contributed by atoms with Gasteiger partial charge in [0.15, 0.2) is 0 Å². The van der Waals surface area contributed by atoms with Crippen LogP contribution in [-0.2, 0) is 0 Å². The molecule has 3 nitrogen and oxygen atoms in total. The number of carbonyl (C=O) groups is 1. The Hall–Kier alpha value is -1.35. The lowest BCUT2D eigenvalue weighted by molar-refractivity contribution is 0.0828. The van der Waals surface area contributed by atoms with Crippen LogP contribution in [0.3, 0.4) is 0 Å². The predicted molar refractivity (Wildman–Crippen MR) is 56.8 cm³/mol. The third kappa shape index (κ3) is 3.18. The van der Waals surface area contributed by atoms with Crippen LogP contribution in [0.25, 0.3) is 0 Å². The van der Waals surface area contributed by atoms with E-state index in [2.05, 4.69) is 12.3 Å². The van der Waals surface area contributed by atoms with Gasteiger partial charge in [0.05, 0.1) is 0 Å². The first-order chi connectivity index (χ1) is 6.74. The Morgan fingerprint density at radius 3 is 2.57 bits per heavy atom. The summed E-state index contributed by atoms with van der Waals surface area (Å²) in [6.45, 7) is 2.93. The maximum Gasteiger partial charge on any atom is 0.265 e. The van der Waals surface area contributed by atoms with Crippen molar-refractivity contribution in [2.75, 3.05) is 13.6 Å². The van der Waals surface area contributed by atoms with Crippen LogP contribution in [0.4, 0.5) is 0 Å². The normalized spacial score (nSPS) is 10.2. The number of hydrogen-bond acceptors (Lipinski definition) is 2. The van der Waals surface area contributed by atoms with E-state index in [1.54, 1.807) is 17.1 Å². The summed E-state index contributed by atoms with van der Waals surface area (Å²) in [6.07, 6.45) is 1.02. The van der Waals surface area contributed by atoms with Crippen molar-refractivity contribution in [2.24, 2.45) is 0 Å². The van der Waals surface area contributed by atoms with Gasteiger partial charge in [0, 0.05) is 19.2 Å². The van der Waals surface area contributed by atoms with Crippen LogP contribution in [0.1, 0.15) is 23.7 Å². The van der Waals surface area contributed by atoms with E-state index in [0.717, 1.165) is 13.0 Å². The van der Waals surface area contributed by atoms with Gasteiger partial charge in [0.25, 0.3) is 5.91 Å². The highest BCUT2D eigenvalue weighted by Gasteiger charge is 2.05. The lowest BCUT2D eigenvalue weighted by atomic mass is 10.2. The molecule has 0 spiro atoms. The van der Waals surface area contributed by atoms with Crippen LogP contribution in [-0.4, -0.2) is 24.5 Å². The van der Waals surface area contributed by atoms with Gasteiger partial charge in [0.2, 0.25) is 0 Å². The number of amides is 1. The third-order valence-electron chi connectivity index (χ3n) is 1.89. The van der Waals surface area contributed by atoms with Gasteiger partial charge in [-0.15, -0.1) is 0 Å². The Morgan fingerprint density at radius 1 is 1.36 bits per heavy atom. The maximum absolute atomic E-state index is 11.6. The van der Waals surface area contributed by atoms with Crippen LogP contribution in [0.15, 0.2) is 30.3 Å². The quantitative estimate of drug-likeness (QED) is 0.736. The van der Waals surface area contributed by atoms with Crippen molar-refractivity contribution >= 4 is 5.91 Å². The van der Waals surface area contributed by atoms with E-state index in [1.165, 1.54) is 0 Å². The number of hydrogen-bond donors (Lipinski definition) is 1. The van der Waals surface area contributed by atoms with Crippen molar-refractivity contribution in [1.82, 2.24) is 10.4 Å². The second-order valence-electron chi connectivity index (χ2n) is 3.23. The average molecular weight is 192 g/mol. The lowest BCUT2D eigenvalue weighted by Gasteiger charge is -2.16. The van der Waals surface area contributed by atoms with Crippen molar-refractivity contribution < 1.29 is 4.79 Å². The molecule has 3 heteroatoms. The van der Waals surface area contributed by atoms with Crippen molar-refractivity contribution in [3.05, 3.63) is 35.9 Å². The minimum absolute atomic E-state index is 0.0541. The Morgan fingerprint density at radius 2 is 2.00 bits per heavy atom. The Kier molecular flexibility index (Phi) is 4.13. The molecule has 0 saturated carbocycles. The fourth-order valence-electron chi connectivity index (χ4n) is 1.22. The molecular formula is C11H16N2O. The summed E-state index contributed by atoms with van der Waals surface area (Å²) in [7, 11) is 1.87. The van der Waals surface area contributed by atoms with Gasteiger partial charge in [-0.3, -0.25) is 10.2 Å². The summed E-state index contributed by atoms with van der Waals surface area (Å²) in [5.74, 6) is -0.0541. The van der Waals surface area contributed by atoms with Gasteiger partial charge in [-0.1, -0.05) is 25.1 Å². The molecule has 0 unspecified atom stereocenters. The summed E-state index contributed by atoms with van der Waals surface area (Å²) in [5, 5.41) is 1.80. The van der Waals surface area contributed by atoms with Crippen LogP contribution in [0.5, 0.6) is 0 Å². The van der Waals surface area contributed by atoms with E-state index < -0.39 is 0 Å².